The lowest BCUT2D eigenvalue weighted by atomic mass is 9.90. The predicted molar refractivity (Wildman–Crippen MR) is 117 cm³/mol. The van der Waals surface area contributed by atoms with Gasteiger partial charge in [0, 0.05) is 37.4 Å². The minimum atomic E-state index is -0.0633. The van der Waals surface area contributed by atoms with Gasteiger partial charge in [-0.25, -0.2) is 14.6 Å². The van der Waals surface area contributed by atoms with E-state index in [-0.39, 0.29) is 11.9 Å². The van der Waals surface area contributed by atoms with Crippen molar-refractivity contribution in [3.05, 3.63) is 65.3 Å². The van der Waals surface area contributed by atoms with E-state index in [1.54, 1.807) is 23.1 Å². The van der Waals surface area contributed by atoms with E-state index in [0.717, 1.165) is 24.4 Å². The van der Waals surface area contributed by atoms with Gasteiger partial charge in [0.25, 0.3) is 5.91 Å². The highest BCUT2D eigenvalue weighted by Crippen LogP contribution is 2.26. The molecule has 1 saturated heterocycles. The third kappa shape index (κ3) is 4.31. The molecule has 0 aliphatic carbocycles. The summed E-state index contributed by atoms with van der Waals surface area (Å²) in [6.45, 7) is 5.41. The molecule has 0 unspecified atom stereocenters. The molecule has 3 aromatic rings. The van der Waals surface area contributed by atoms with Crippen molar-refractivity contribution in [2.75, 3.05) is 18.4 Å². The molecule has 7 nitrogen and oxygen atoms in total. The second-order valence-electron chi connectivity index (χ2n) is 7.70. The zero-order valence-corrected chi connectivity index (χ0v) is 17.9. The second kappa shape index (κ2) is 8.83. The van der Waals surface area contributed by atoms with Crippen molar-refractivity contribution in [3.8, 4) is 5.69 Å². The Morgan fingerprint density at radius 2 is 2.17 bits per heavy atom. The zero-order chi connectivity index (χ0) is 21.1. The minimum Gasteiger partial charge on any atom is -0.368 e. The molecule has 0 spiro atoms. The van der Waals surface area contributed by atoms with Gasteiger partial charge in [0.05, 0.1) is 16.8 Å². The molecule has 0 radical (unpaired) electrons. The number of aromatic nitrogens is 4. The van der Waals surface area contributed by atoms with Crippen molar-refractivity contribution >= 4 is 23.3 Å². The Morgan fingerprint density at radius 1 is 1.30 bits per heavy atom. The van der Waals surface area contributed by atoms with Crippen molar-refractivity contribution in [1.29, 1.82) is 0 Å². The average molecular weight is 425 g/mol. The number of amides is 1. The van der Waals surface area contributed by atoms with E-state index in [1.807, 2.05) is 42.3 Å². The van der Waals surface area contributed by atoms with Gasteiger partial charge in [-0.15, -0.1) is 0 Å². The van der Waals surface area contributed by atoms with E-state index in [0.29, 0.717) is 35.4 Å². The molecule has 156 valence electrons. The van der Waals surface area contributed by atoms with Crippen LogP contribution in [0.2, 0.25) is 5.02 Å². The second-order valence-corrected chi connectivity index (χ2v) is 8.14. The predicted octanol–water partition coefficient (Wildman–Crippen LogP) is 3.98. The van der Waals surface area contributed by atoms with Gasteiger partial charge >= 0.3 is 0 Å². The average Bonchev–Trinajstić information content (AvgIpc) is 3.28. The quantitative estimate of drug-likeness (QED) is 0.670. The number of hydrogen-bond acceptors (Lipinski definition) is 5. The summed E-state index contributed by atoms with van der Waals surface area (Å²) in [6.07, 6.45) is 7.20. The summed E-state index contributed by atoms with van der Waals surface area (Å²) >= 11 is 5.93. The maximum atomic E-state index is 13.6. The summed E-state index contributed by atoms with van der Waals surface area (Å²) in [5.41, 5.74) is 1.93. The third-order valence-electron chi connectivity index (χ3n) is 5.56. The van der Waals surface area contributed by atoms with Gasteiger partial charge < -0.3 is 10.2 Å². The highest BCUT2D eigenvalue weighted by molar-refractivity contribution is 6.30. The van der Waals surface area contributed by atoms with Crippen LogP contribution in [0, 0.1) is 12.8 Å². The molecular formula is C22H25ClN6O. The Balaban J connectivity index is 1.60. The van der Waals surface area contributed by atoms with Crippen LogP contribution in [0.25, 0.3) is 5.69 Å². The van der Waals surface area contributed by atoms with Crippen LogP contribution in [0.4, 0.5) is 5.82 Å². The van der Waals surface area contributed by atoms with Gasteiger partial charge in [-0.2, -0.15) is 5.10 Å². The maximum absolute atomic E-state index is 13.6. The molecular weight excluding hydrogens is 400 g/mol. The molecule has 0 saturated carbocycles. The Morgan fingerprint density at radius 3 is 2.90 bits per heavy atom. The Kier molecular flexibility index (Phi) is 5.99. The number of pyridine rings is 2. The van der Waals surface area contributed by atoms with Crippen LogP contribution in [0.3, 0.4) is 0 Å². The number of hydrogen-bond donors (Lipinski definition) is 1. The standard InChI is InChI=1S/C22H25ClN6O/c1-15-5-3-11-28(19(15)14-25-20-9-7-17(23)13-24-20)22(30)21-18(8-6-16(2)27-21)29-12-4-10-26-29/h4,6-10,12-13,15,19H,3,5,11,14H2,1-2H3,(H,24,25)/t15-,19-/m1/s1. The molecule has 4 heterocycles. The van der Waals surface area contributed by atoms with Crippen molar-refractivity contribution in [2.24, 2.45) is 5.92 Å². The number of aryl methyl sites for hydroxylation is 1. The van der Waals surface area contributed by atoms with Gasteiger partial charge in [-0.05, 0) is 56.0 Å². The number of nitrogens with one attached hydrogen (secondary N) is 1. The summed E-state index contributed by atoms with van der Waals surface area (Å²) in [4.78, 5) is 24.5. The fourth-order valence-corrected chi connectivity index (χ4v) is 4.05. The first-order valence-electron chi connectivity index (χ1n) is 10.2. The number of anilines is 1. The summed E-state index contributed by atoms with van der Waals surface area (Å²) in [6, 6.07) is 9.33. The summed E-state index contributed by atoms with van der Waals surface area (Å²) in [5, 5.41) is 8.25. The summed E-state index contributed by atoms with van der Waals surface area (Å²) < 4.78 is 1.69. The van der Waals surface area contributed by atoms with Crippen molar-refractivity contribution in [2.45, 2.75) is 32.7 Å². The van der Waals surface area contributed by atoms with E-state index in [1.165, 1.54) is 0 Å². The fraction of sp³-hybridized carbons (Fsp3) is 0.364. The van der Waals surface area contributed by atoms with Crippen LogP contribution >= 0.6 is 11.6 Å². The summed E-state index contributed by atoms with van der Waals surface area (Å²) in [5.74, 6) is 1.04. The van der Waals surface area contributed by atoms with Gasteiger partial charge in [-0.1, -0.05) is 18.5 Å². The zero-order valence-electron chi connectivity index (χ0n) is 17.1. The van der Waals surface area contributed by atoms with Gasteiger partial charge in [0.2, 0.25) is 0 Å². The first-order valence-corrected chi connectivity index (χ1v) is 10.5. The van der Waals surface area contributed by atoms with Crippen molar-refractivity contribution < 1.29 is 4.79 Å². The van der Waals surface area contributed by atoms with Crippen LogP contribution in [-0.2, 0) is 0 Å². The largest absolute Gasteiger partial charge is 0.368 e. The number of likely N-dealkylation sites (tertiary alicyclic amines) is 1. The molecule has 3 aromatic heterocycles. The fourth-order valence-electron chi connectivity index (χ4n) is 3.94. The van der Waals surface area contributed by atoms with Gasteiger partial charge in [-0.3, -0.25) is 4.79 Å². The molecule has 1 N–H and O–H groups in total. The highest BCUT2D eigenvalue weighted by atomic mass is 35.5. The molecule has 1 fully saturated rings. The molecule has 4 rings (SSSR count). The Bertz CT molecular complexity index is 1000. The molecule has 2 atom stereocenters. The minimum absolute atomic E-state index is 0.0384. The normalized spacial score (nSPS) is 19.0. The first-order chi connectivity index (χ1) is 14.5. The number of carbonyl (C=O) groups is 1. The number of nitrogens with zero attached hydrogens (tertiary/aromatic N) is 5. The molecule has 1 aliphatic heterocycles. The molecule has 8 heteroatoms. The molecule has 30 heavy (non-hydrogen) atoms. The monoisotopic (exact) mass is 424 g/mol. The number of piperidine rings is 1. The lowest BCUT2D eigenvalue weighted by molar-refractivity contribution is 0.0533. The lowest BCUT2D eigenvalue weighted by Crippen LogP contribution is -2.51. The van der Waals surface area contributed by atoms with E-state index >= 15 is 0 Å². The highest BCUT2D eigenvalue weighted by Gasteiger charge is 2.34. The first kappa shape index (κ1) is 20.3. The third-order valence-corrected chi connectivity index (χ3v) is 5.79. The van der Waals surface area contributed by atoms with Crippen LogP contribution in [0.1, 0.15) is 35.9 Å². The van der Waals surface area contributed by atoms with E-state index in [9.17, 15) is 4.79 Å². The van der Waals surface area contributed by atoms with Gasteiger partial charge in [0.15, 0.2) is 5.69 Å². The van der Waals surface area contributed by atoms with E-state index in [4.69, 9.17) is 11.6 Å². The Labute approximate surface area is 181 Å². The molecule has 1 amide bonds. The van der Waals surface area contributed by atoms with Gasteiger partial charge in [0.1, 0.15) is 5.82 Å². The van der Waals surface area contributed by atoms with Crippen LogP contribution in [0.15, 0.2) is 48.9 Å². The molecule has 0 bridgehead atoms. The van der Waals surface area contributed by atoms with Crippen molar-refractivity contribution in [1.82, 2.24) is 24.6 Å². The molecule has 0 aromatic carbocycles. The smallest absolute Gasteiger partial charge is 0.275 e. The van der Waals surface area contributed by atoms with E-state index < -0.39 is 0 Å². The SMILES string of the molecule is Cc1ccc(-n2cccn2)c(C(=O)N2CCC[C@@H](C)[C@H]2CNc2ccc(Cl)cn2)n1. The van der Waals surface area contributed by atoms with Crippen LogP contribution in [-0.4, -0.2) is 49.7 Å². The molecule has 1 aliphatic rings. The number of halogens is 1. The number of rotatable bonds is 5. The lowest BCUT2D eigenvalue weighted by Gasteiger charge is -2.40. The van der Waals surface area contributed by atoms with Crippen LogP contribution < -0.4 is 5.32 Å². The maximum Gasteiger partial charge on any atom is 0.275 e. The Hall–Kier alpha value is -2.93. The van der Waals surface area contributed by atoms with Crippen LogP contribution in [0.5, 0.6) is 0 Å². The summed E-state index contributed by atoms with van der Waals surface area (Å²) in [7, 11) is 0. The topological polar surface area (TPSA) is 75.9 Å². The number of carbonyl (C=O) groups excluding carboxylic acids is 1. The van der Waals surface area contributed by atoms with E-state index in [2.05, 4.69) is 27.3 Å². The van der Waals surface area contributed by atoms with Crippen molar-refractivity contribution in [3.63, 3.8) is 0 Å².